The highest BCUT2D eigenvalue weighted by atomic mass is 19.2. The van der Waals surface area contributed by atoms with Crippen LogP contribution in [0.4, 0.5) is 41.1 Å². The van der Waals surface area contributed by atoms with E-state index in [1.165, 1.54) is 19.4 Å². The predicted molar refractivity (Wildman–Crippen MR) is 118 cm³/mol. The van der Waals surface area contributed by atoms with Gasteiger partial charge in [0.2, 0.25) is 5.95 Å². The maximum atomic E-state index is 14.2. The standard InChI is InChI=1S/C22H22F3N5O3/c1-29(12-13-32-2)21-26-11-10-18(28-21)30(14-4-6-15(33-3)7-5-14)22(31)27-17-9-8-16(23)19(24)20(17)25/h4-11H,12-13H2,1-3H3,(H,27,31). The number of ether oxygens (including phenoxy) is 2. The molecule has 0 unspecified atom stereocenters. The minimum absolute atomic E-state index is 0.162. The lowest BCUT2D eigenvalue weighted by molar-refractivity contribution is 0.206. The monoisotopic (exact) mass is 461 g/mol. The van der Waals surface area contributed by atoms with Crippen LogP contribution in [-0.2, 0) is 4.74 Å². The molecular weight excluding hydrogens is 439 g/mol. The van der Waals surface area contributed by atoms with Crippen molar-refractivity contribution in [2.24, 2.45) is 0 Å². The lowest BCUT2D eigenvalue weighted by Gasteiger charge is -2.24. The fraction of sp³-hybridized carbons (Fsp3) is 0.227. The third kappa shape index (κ3) is 5.50. The minimum atomic E-state index is -1.69. The van der Waals surface area contributed by atoms with Crippen LogP contribution in [0, 0.1) is 17.5 Å². The number of anilines is 4. The minimum Gasteiger partial charge on any atom is -0.497 e. The number of carbonyl (C=O) groups excluding carboxylic acids is 1. The number of benzene rings is 2. The van der Waals surface area contributed by atoms with Gasteiger partial charge in [0.05, 0.1) is 25.1 Å². The van der Waals surface area contributed by atoms with Gasteiger partial charge in [-0.15, -0.1) is 0 Å². The number of nitrogens with zero attached hydrogens (tertiary/aromatic N) is 4. The average molecular weight is 461 g/mol. The van der Waals surface area contributed by atoms with Crippen LogP contribution in [0.15, 0.2) is 48.7 Å². The molecule has 8 nitrogen and oxygen atoms in total. The van der Waals surface area contributed by atoms with Crippen LogP contribution in [0.1, 0.15) is 0 Å². The fourth-order valence-corrected chi connectivity index (χ4v) is 2.85. The zero-order valence-corrected chi connectivity index (χ0v) is 18.2. The Morgan fingerprint density at radius 2 is 1.76 bits per heavy atom. The first-order valence-corrected chi connectivity index (χ1v) is 9.77. The van der Waals surface area contributed by atoms with Crippen LogP contribution >= 0.6 is 0 Å². The van der Waals surface area contributed by atoms with Gasteiger partial charge >= 0.3 is 6.03 Å². The summed E-state index contributed by atoms with van der Waals surface area (Å²) < 4.78 is 51.3. The Morgan fingerprint density at radius 1 is 1.03 bits per heavy atom. The molecule has 1 aromatic heterocycles. The van der Waals surface area contributed by atoms with Crippen molar-refractivity contribution in [2.75, 3.05) is 49.5 Å². The van der Waals surface area contributed by atoms with Gasteiger partial charge in [-0.3, -0.25) is 0 Å². The molecule has 0 bridgehead atoms. The first kappa shape index (κ1) is 23.8. The Morgan fingerprint density at radius 3 is 2.42 bits per heavy atom. The van der Waals surface area contributed by atoms with Crippen molar-refractivity contribution in [1.29, 1.82) is 0 Å². The van der Waals surface area contributed by atoms with E-state index in [0.29, 0.717) is 30.5 Å². The second-order valence-corrected chi connectivity index (χ2v) is 6.82. The highest BCUT2D eigenvalue weighted by Gasteiger charge is 2.23. The molecule has 1 heterocycles. The maximum absolute atomic E-state index is 14.2. The third-order valence-electron chi connectivity index (χ3n) is 4.64. The van der Waals surface area contributed by atoms with Crippen molar-refractivity contribution < 1.29 is 27.4 Å². The van der Waals surface area contributed by atoms with Crippen LogP contribution in [-0.4, -0.2) is 50.4 Å². The molecule has 3 rings (SSSR count). The van der Waals surface area contributed by atoms with E-state index in [2.05, 4.69) is 15.3 Å². The number of urea groups is 1. The van der Waals surface area contributed by atoms with E-state index in [-0.39, 0.29) is 5.82 Å². The van der Waals surface area contributed by atoms with E-state index in [9.17, 15) is 18.0 Å². The number of halogens is 3. The van der Waals surface area contributed by atoms with Crippen molar-refractivity contribution in [3.8, 4) is 5.75 Å². The summed E-state index contributed by atoms with van der Waals surface area (Å²) in [6.45, 7) is 0.928. The highest BCUT2D eigenvalue weighted by molar-refractivity contribution is 6.06. The number of aromatic nitrogens is 2. The molecule has 0 atom stereocenters. The van der Waals surface area contributed by atoms with E-state index in [0.717, 1.165) is 17.0 Å². The van der Waals surface area contributed by atoms with Gasteiger partial charge in [-0.25, -0.2) is 27.8 Å². The quantitative estimate of drug-likeness (QED) is 0.503. The van der Waals surface area contributed by atoms with E-state index in [1.54, 1.807) is 43.3 Å². The molecule has 33 heavy (non-hydrogen) atoms. The van der Waals surface area contributed by atoms with Crippen LogP contribution in [0.5, 0.6) is 5.75 Å². The Labute approximate surface area is 188 Å². The van der Waals surface area contributed by atoms with Gasteiger partial charge in [-0.05, 0) is 36.4 Å². The lowest BCUT2D eigenvalue weighted by Crippen LogP contribution is -2.32. The molecule has 11 heteroatoms. The second-order valence-electron chi connectivity index (χ2n) is 6.82. The Hall–Kier alpha value is -3.86. The van der Waals surface area contributed by atoms with Crippen molar-refractivity contribution in [3.63, 3.8) is 0 Å². The molecule has 174 valence electrons. The molecule has 0 radical (unpaired) electrons. The number of hydrogen-bond donors (Lipinski definition) is 1. The van der Waals surface area contributed by atoms with Gasteiger partial charge in [0.1, 0.15) is 11.6 Å². The van der Waals surface area contributed by atoms with Crippen LogP contribution in [0.25, 0.3) is 0 Å². The molecule has 1 N–H and O–H groups in total. The largest absolute Gasteiger partial charge is 0.497 e. The Bertz CT molecular complexity index is 1110. The summed E-state index contributed by atoms with van der Waals surface area (Å²) in [6.07, 6.45) is 1.46. The molecule has 0 saturated heterocycles. The molecule has 0 saturated carbocycles. The zero-order chi connectivity index (χ0) is 24.0. The molecule has 0 aliphatic carbocycles. The smallest absolute Gasteiger partial charge is 0.332 e. The highest BCUT2D eigenvalue weighted by Crippen LogP contribution is 2.28. The van der Waals surface area contributed by atoms with Crippen molar-refractivity contribution >= 4 is 29.2 Å². The van der Waals surface area contributed by atoms with E-state index in [4.69, 9.17) is 9.47 Å². The molecule has 0 aliphatic rings. The zero-order valence-electron chi connectivity index (χ0n) is 18.2. The Kier molecular flexibility index (Phi) is 7.67. The lowest BCUT2D eigenvalue weighted by atomic mass is 10.2. The average Bonchev–Trinajstić information content (AvgIpc) is 2.83. The fourth-order valence-electron chi connectivity index (χ4n) is 2.85. The van der Waals surface area contributed by atoms with Gasteiger partial charge in [0.15, 0.2) is 17.5 Å². The van der Waals surface area contributed by atoms with Crippen molar-refractivity contribution in [3.05, 3.63) is 66.1 Å². The third-order valence-corrected chi connectivity index (χ3v) is 4.64. The van der Waals surface area contributed by atoms with E-state index < -0.39 is 29.2 Å². The van der Waals surface area contributed by atoms with E-state index in [1.807, 2.05) is 0 Å². The summed E-state index contributed by atoms with van der Waals surface area (Å²) in [4.78, 5) is 24.7. The van der Waals surface area contributed by atoms with Gasteiger partial charge in [0.25, 0.3) is 0 Å². The summed E-state index contributed by atoms with van der Waals surface area (Å²) >= 11 is 0. The Balaban J connectivity index is 2.00. The number of rotatable bonds is 8. The molecule has 0 fully saturated rings. The summed E-state index contributed by atoms with van der Waals surface area (Å²) in [5.41, 5.74) is -0.163. The first-order chi connectivity index (χ1) is 15.8. The number of likely N-dealkylation sites (N-methyl/N-ethyl adjacent to an activating group) is 1. The van der Waals surface area contributed by atoms with Crippen molar-refractivity contribution in [1.82, 2.24) is 9.97 Å². The number of hydrogen-bond acceptors (Lipinski definition) is 6. The molecule has 0 spiro atoms. The number of amides is 2. The summed E-state index contributed by atoms with van der Waals surface area (Å²) in [6, 6.07) is 8.73. The maximum Gasteiger partial charge on any atom is 0.332 e. The van der Waals surface area contributed by atoms with E-state index >= 15 is 0 Å². The topological polar surface area (TPSA) is 79.8 Å². The van der Waals surface area contributed by atoms with Gasteiger partial charge in [-0.1, -0.05) is 0 Å². The summed E-state index contributed by atoms with van der Waals surface area (Å²) in [5.74, 6) is -3.54. The molecule has 2 aromatic carbocycles. The van der Waals surface area contributed by atoms with Gasteiger partial charge < -0.3 is 19.7 Å². The first-order valence-electron chi connectivity index (χ1n) is 9.77. The molecule has 3 aromatic rings. The molecule has 2 amide bonds. The van der Waals surface area contributed by atoms with Crippen molar-refractivity contribution in [2.45, 2.75) is 0 Å². The van der Waals surface area contributed by atoms with Gasteiger partial charge in [0, 0.05) is 33.0 Å². The number of carbonyl (C=O) groups is 1. The number of methoxy groups -OCH3 is 2. The predicted octanol–water partition coefficient (Wildman–Crippen LogP) is 4.36. The molecular formula is C22H22F3N5O3. The second kappa shape index (κ2) is 10.6. The van der Waals surface area contributed by atoms with Gasteiger partial charge in [-0.2, -0.15) is 4.98 Å². The van der Waals surface area contributed by atoms with Crippen LogP contribution in [0.2, 0.25) is 0 Å². The number of nitrogens with one attached hydrogen (secondary N) is 1. The summed E-state index contributed by atoms with van der Waals surface area (Å²) in [5, 5.41) is 2.27. The molecule has 0 aliphatic heterocycles. The SMILES string of the molecule is COCCN(C)c1nccc(N(C(=O)Nc2ccc(F)c(F)c2F)c2ccc(OC)cc2)n1. The summed E-state index contributed by atoms with van der Waals surface area (Å²) in [7, 11) is 4.82. The normalized spacial score (nSPS) is 10.6. The van der Waals surface area contributed by atoms with Crippen LogP contribution < -0.4 is 19.9 Å². The van der Waals surface area contributed by atoms with Crippen LogP contribution in [0.3, 0.4) is 0 Å².